The van der Waals surface area contributed by atoms with Crippen molar-refractivity contribution in [1.29, 1.82) is 0 Å². The van der Waals surface area contributed by atoms with Crippen molar-refractivity contribution in [1.82, 2.24) is 9.88 Å². The highest BCUT2D eigenvalue weighted by molar-refractivity contribution is 9.10. The lowest BCUT2D eigenvalue weighted by molar-refractivity contribution is 0.197. The number of nitrogens with two attached hydrogens (primary N) is 1. The average molecular weight is 348 g/mol. The average Bonchev–Trinajstić information content (AvgIpc) is 2.50. The molecule has 0 aliphatic carbocycles. The highest BCUT2D eigenvalue weighted by Gasteiger charge is 2.24. The minimum atomic E-state index is 0.0698. The van der Waals surface area contributed by atoms with Crippen LogP contribution in [0.25, 0.3) is 0 Å². The molecule has 1 heterocycles. The largest absolute Gasteiger partial charge is 0.326 e. The van der Waals surface area contributed by atoms with E-state index in [1.165, 1.54) is 5.56 Å². The summed E-state index contributed by atoms with van der Waals surface area (Å²) in [5.41, 5.74) is 8.64. The molecule has 4 heteroatoms. The zero-order valence-corrected chi connectivity index (χ0v) is 14.1. The Hall–Kier alpha value is -1.23. The van der Waals surface area contributed by atoms with Crippen molar-refractivity contribution < 1.29 is 0 Å². The van der Waals surface area contributed by atoms with E-state index in [0.29, 0.717) is 0 Å². The van der Waals surface area contributed by atoms with Crippen LogP contribution >= 0.6 is 15.9 Å². The minimum absolute atomic E-state index is 0.0698. The van der Waals surface area contributed by atoms with Gasteiger partial charge in [0.2, 0.25) is 0 Å². The fourth-order valence-corrected chi connectivity index (χ4v) is 2.79. The number of aromatic nitrogens is 1. The molecule has 0 bridgehead atoms. The molecular weight excluding hydrogens is 326 g/mol. The van der Waals surface area contributed by atoms with Crippen LogP contribution < -0.4 is 5.73 Å². The van der Waals surface area contributed by atoms with Crippen LogP contribution in [0.5, 0.6) is 0 Å². The first-order chi connectivity index (χ1) is 10.1. The summed E-state index contributed by atoms with van der Waals surface area (Å²) in [6, 6.07) is 14.6. The molecule has 1 aromatic carbocycles. The Morgan fingerprint density at radius 1 is 1.19 bits per heavy atom. The first-order valence-corrected chi connectivity index (χ1v) is 8.02. The molecule has 2 atom stereocenters. The maximum atomic E-state index is 6.34. The number of nitrogens with zero attached hydrogens (tertiary/aromatic N) is 2. The van der Waals surface area contributed by atoms with Crippen molar-refractivity contribution >= 4 is 15.9 Å². The van der Waals surface area contributed by atoms with Gasteiger partial charge in [0.25, 0.3) is 0 Å². The summed E-state index contributed by atoms with van der Waals surface area (Å²) in [6.45, 7) is 2.97. The van der Waals surface area contributed by atoms with Crippen molar-refractivity contribution in [2.24, 2.45) is 5.73 Å². The normalized spacial score (nSPS) is 14.1. The van der Waals surface area contributed by atoms with Crippen LogP contribution in [0.1, 0.15) is 30.6 Å². The van der Waals surface area contributed by atoms with Gasteiger partial charge >= 0.3 is 0 Å². The van der Waals surface area contributed by atoms with Crippen molar-refractivity contribution in [3.63, 3.8) is 0 Å². The topological polar surface area (TPSA) is 42.1 Å². The van der Waals surface area contributed by atoms with Crippen LogP contribution in [0.2, 0.25) is 0 Å². The van der Waals surface area contributed by atoms with Gasteiger partial charge in [-0.2, -0.15) is 0 Å². The van der Waals surface area contributed by atoms with Crippen LogP contribution in [0.3, 0.4) is 0 Å². The third-order valence-electron chi connectivity index (χ3n) is 3.69. The molecule has 2 aromatic rings. The lowest BCUT2D eigenvalue weighted by Gasteiger charge is -2.32. The van der Waals surface area contributed by atoms with Crippen LogP contribution in [-0.2, 0) is 6.54 Å². The van der Waals surface area contributed by atoms with Crippen molar-refractivity contribution in [3.8, 4) is 0 Å². The molecule has 0 aliphatic heterocycles. The van der Waals surface area contributed by atoms with Gasteiger partial charge in [-0.15, -0.1) is 0 Å². The molecule has 3 nitrogen and oxygen atoms in total. The Kier molecular flexibility index (Phi) is 5.91. The first-order valence-electron chi connectivity index (χ1n) is 7.23. The van der Waals surface area contributed by atoms with E-state index >= 15 is 0 Å². The number of hydrogen-bond donors (Lipinski definition) is 1. The fraction of sp³-hybridized carbons (Fsp3) is 0.353. The number of rotatable bonds is 6. The predicted molar refractivity (Wildman–Crippen MR) is 90.9 cm³/mol. The highest BCUT2D eigenvalue weighted by atomic mass is 79.9. The molecule has 0 aliphatic rings. The zero-order valence-electron chi connectivity index (χ0n) is 12.5. The van der Waals surface area contributed by atoms with Crippen LogP contribution in [0.4, 0.5) is 0 Å². The van der Waals surface area contributed by atoms with Gasteiger partial charge < -0.3 is 5.73 Å². The second-order valence-corrected chi connectivity index (χ2v) is 6.23. The summed E-state index contributed by atoms with van der Waals surface area (Å²) in [7, 11) is 2.11. The summed E-state index contributed by atoms with van der Waals surface area (Å²) in [6.07, 6.45) is 2.75. The Labute approximate surface area is 135 Å². The molecule has 0 radical (unpaired) electrons. The second kappa shape index (κ2) is 7.69. The molecule has 0 spiro atoms. The minimum Gasteiger partial charge on any atom is -0.326 e. The maximum Gasteiger partial charge on any atom is 0.0673 e. The van der Waals surface area contributed by atoms with E-state index in [2.05, 4.69) is 70.1 Å². The molecule has 0 saturated heterocycles. The first kappa shape index (κ1) is 16.1. The quantitative estimate of drug-likeness (QED) is 0.864. The summed E-state index contributed by atoms with van der Waals surface area (Å²) in [5, 5.41) is 0. The zero-order chi connectivity index (χ0) is 15.2. The maximum absolute atomic E-state index is 6.34. The predicted octanol–water partition coefficient (Wildman–Crippen LogP) is 3.75. The number of pyridine rings is 1. The molecule has 21 heavy (non-hydrogen) atoms. The number of halogens is 1. The molecule has 2 rings (SSSR count). The standard InChI is InChI=1S/C17H22BrN3/c1-3-15(19)17(16-6-4-5-11-20-16)21(2)12-13-7-9-14(18)10-8-13/h4-11,15,17H,3,12,19H2,1-2H3. The van der Waals surface area contributed by atoms with Gasteiger partial charge in [0, 0.05) is 23.3 Å². The van der Waals surface area contributed by atoms with Crippen molar-refractivity contribution in [2.45, 2.75) is 32.0 Å². The van der Waals surface area contributed by atoms with Gasteiger partial charge in [0.05, 0.1) is 11.7 Å². The van der Waals surface area contributed by atoms with Gasteiger partial charge in [-0.3, -0.25) is 9.88 Å². The van der Waals surface area contributed by atoms with Gasteiger partial charge in [0.15, 0.2) is 0 Å². The third-order valence-corrected chi connectivity index (χ3v) is 4.22. The van der Waals surface area contributed by atoms with E-state index in [0.717, 1.165) is 23.1 Å². The monoisotopic (exact) mass is 347 g/mol. The van der Waals surface area contributed by atoms with E-state index in [4.69, 9.17) is 5.73 Å². The lowest BCUT2D eigenvalue weighted by atomic mass is 10.0. The van der Waals surface area contributed by atoms with Gasteiger partial charge in [-0.05, 0) is 43.3 Å². The van der Waals surface area contributed by atoms with Crippen LogP contribution in [0.15, 0.2) is 53.1 Å². The number of benzene rings is 1. The molecule has 2 N–H and O–H groups in total. The molecule has 0 fully saturated rings. The Bertz CT molecular complexity index is 542. The lowest BCUT2D eigenvalue weighted by Crippen LogP contribution is -2.39. The van der Waals surface area contributed by atoms with Crippen LogP contribution in [0, 0.1) is 0 Å². The van der Waals surface area contributed by atoms with E-state index < -0.39 is 0 Å². The Morgan fingerprint density at radius 3 is 2.48 bits per heavy atom. The highest BCUT2D eigenvalue weighted by Crippen LogP contribution is 2.24. The van der Waals surface area contributed by atoms with E-state index in [1.54, 1.807) is 0 Å². The van der Waals surface area contributed by atoms with E-state index in [9.17, 15) is 0 Å². The molecule has 2 unspecified atom stereocenters. The summed E-state index contributed by atoms with van der Waals surface area (Å²) < 4.78 is 1.10. The van der Waals surface area contributed by atoms with E-state index in [1.807, 2.05) is 18.3 Å². The summed E-state index contributed by atoms with van der Waals surface area (Å²) in [4.78, 5) is 6.77. The van der Waals surface area contributed by atoms with Gasteiger partial charge in [-0.25, -0.2) is 0 Å². The number of hydrogen-bond acceptors (Lipinski definition) is 3. The molecular formula is C17H22BrN3. The van der Waals surface area contributed by atoms with E-state index in [-0.39, 0.29) is 12.1 Å². The third kappa shape index (κ3) is 4.37. The smallest absolute Gasteiger partial charge is 0.0673 e. The Morgan fingerprint density at radius 2 is 1.90 bits per heavy atom. The summed E-state index contributed by atoms with van der Waals surface area (Å²) >= 11 is 3.47. The van der Waals surface area contributed by atoms with Crippen molar-refractivity contribution in [3.05, 3.63) is 64.4 Å². The molecule has 0 saturated carbocycles. The molecule has 0 amide bonds. The fourth-order valence-electron chi connectivity index (χ4n) is 2.52. The Balaban J connectivity index is 2.18. The SMILES string of the molecule is CCC(N)C(c1ccccn1)N(C)Cc1ccc(Br)cc1. The van der Waals surface area contributed by atoms with Gasteiger partial charge in [-0.1, -0.05) is 41.1 Å². The molecule has 112 valence electrons. The second-order valence-electron chi connectivity index (χ2n) is 5.31. The summed E-state index contributed by atoms with van der Waals surface area (Å²) in [5.74, 6) is 0. The van der Waals surface area contributed by atoms with Crippen LogP contribution in [-0.4, -0.2) is 23.0 Å². The van der Waals surface area contributed by atoms with Gasteiger partial charge in [0.1, 0.15) is 0 Å². The van der Waals surface area contributed by atoms with Crippen molar-refractivity contribution in [2.75, 3.05) is 7.05 Å². The molecule has 1 aromatic heterocycles. The number of likely N-dealkylation sites (N-methyl/N-ethyl adjacent to an activating group) is 1.